The van der Waals surface area contributed by atoms with Gasteiger partial charge in [-0.15, -0.1) is 0 Å². The highest BCUT2D eigenvalue weighted by Crippen LogP contribution is 2.34. The smallest absolute Gasteiger partial charge is 0.389 e. The molecule has 28 heavy (non-hydrogen) atoms. The van der Waals surface area contributed by atoms with Crippen LogP contribution in [-0.2, 0) is 6.18 Å². The first-order chi connectivity index (χ1) is 13.0. The maximum atomic E-state index is 13.1. The van der Waals surface area contributed by atoms with Crippen molar-refractivity contribution in [3.63, 3.8) is 0 Å². The normalized spacial score (nSPS) is 11.8. The van der Waals surface area contributed by atoms with Crippen LogP contribution in [0.1, 0.15) is 31.9 Å². The van der Waals surface area contributed by atoms with Crippen LogP contribution in [0.3, 0.4) is 0 Å². The standard InChI is InChI=1S/C18H23F3N6O/c1-4-23-15-12(18(19,20)21)9-24-16(27-15)26-14-7-5-6-13(11(14)8-22)25-10-17(2,3)28/h5-9,22,25,28H,4,10H2,1-3H3,(H2,23,24,26,27). The van der Waals surface area contributed by atoms with Gasteiger partial charge in [-0.05, 0) is 32.9 Å². The zero-order chi connectivity index (χ0) is 20.9. The second kappa shape index (κ2) is 8.42. The molecular weight excluding hydrogens is 373 g/mol. The van der Waals surface area contributed by atoms with Crippen LogP contribution >= 0.6 is 0 Å². The van der Waals surface area contributed by atoms with Gasteiger partial charge in [0, 0.05) is 36.8 Å². The summed E-state index contributed by atoms with van der Waals surface area (Å²) in [6, 6.07) is 5.09. The molecule has 0 aliphatic carbocycles. The Bertz CT molecular complexity index is 833. The highest BCUT2D eigenvalue weighted by Gasteiger charge is 2.35. The SMILES string of the molecule is CCNc1nc(Nc2cccc(NCC(C)(C)O)c2C=N)ncc1C(F)(F)F. The molecule has 7 nitrogen and oxygen atoms in total. The Balaban J connectivity index is 2.35. The van der Waals surface area contributed by atoms with Gasteiger partial charge < -0.3 is 26.5 Å². The van der Waals surface area contributed by atoms with Gasteiger partial charge in [0.25, 0.3) is 0 Å². The van der Waals surface area contributed by atoms with Crippen LogP contribution in [0, 0.1) is 5.41 Å². The molecule has 0 atom stereocenters. The van der Waals surface area contributed by atoms with Crippen molar-refractivity contribution in [2.75, 3.05) is 29.0 Å². The summed E-state index contributed by atoms with van der Waals surface area (Å²) in [5.41, 5.74) is -0.424. The minimum absolute atomic E-state index is 0.0355. The summed E-state index contributed by atoms with van der Waals surface area (Å²) in [4.78, 5) is 7.68. The number of hydrogen-bond donors (Lipinski definition) is 5. The van der Waals surface area contributed by atoms with Crippen molar-refractivity contribution in [3.05, 3.63) is 35.5 Å². The lowest BCUT2D eigenvalue weighted by Crippen LogP contribution is -2.29. The second-order valence-electron chi connectivity index (χ2n) is 6.69. The number of rotatable bonds is 8. The summed E-state index contributed by atoms with van der Waals surface area (Å²) in [5.74, 6) is -0.355. The van der Waals surface area contributed by atoms with E-state index in [1.54, 1.807) is 39.0 Å². The Kier molecular flexibility index (Phi) is 6.45. The van der Waals surface area contributed by atoms with Crippen molar-refractivity contribution in [2.45, 2.75) is 32.5 Å². The topological polar surface area (TPSA) is 106 Å². The van der Waals surface area contributed by atoms with Crippen molar-refractivity contribution in [1.29, 1.82) is 5.41 Å². The maximum Gasteiger partial charge on any atom is 0.421 e. The number of nitrogens with one attached hydrogen (secondary N) is 4. The third kappa shape index (κ3) is 5.56. The predicted molar refractivity (Wildman–Crippen MR) is 104 cm³/mol. The summed E-state index contributed by atoms with van der Waals surface area (Å²) in [6.07, 6.45) is -2.75. The Labute approximate surface area is 160 Å². The van der Waals surface area contributed by atoms with Gasteiger partial charge in [-0.2, -0.15) is 18.2 Å². The van der Waals surface area contributed by atoms with Gasteiger partial charge in [-0.25, -0.2) is 4.98 Å². The zero-order valence-corrected chi connectivity index (χ0v) is 15.8. The van der Waals surface area contributed by atoms with E-state index in [4.69, 9.17) is 5.41 Å². The molecule has 10 heteroatoms. The van der Waals surface area contributed by atoms with E-state index in [1.165, 1.54) is 0 Å². The first kappa shape index (κ1) is 21.4. The summed E-state index contributed by atoms with van der Waals surface area (Å²) in [6.45, 7) is 5.47. The number of hydrogen-bond acceptors (Lipinski definition) is 7. The van der Waals surface area contributed by atoms with E-state index in [0.717, 1.165) is 6.21 Å². The summed E-state index contributed by atoms with van der Waals surface area (Å²) < 4.78 is 39.3. The van der Waals surface area contributed by atoms with Gasteiger partial charge in [0.05, 0.1) is 11.3 Å². The van der Waals surface area contributed by atoms with Crippen LogP contribution in [0.2, 0.25) is 0 Å². The van der Waals surface area contributed by atoms with Crippen molar-refractivity contribution >= 4 is 29.4 Å². The molecule has 1 aromatic heterocycles. The first-order valence-electron chi connectivity index (χ1n) is 8.60. The van der Waals surface area contributed by atoms with Gasteiger partial charge in [-0.1, -0.05) is 6.07 Å². The van der Waals surface area contributed by atoms with Crippen molar-refractivity contribution < 1.29 is 18.3 Å². The van der Waals surface area contributed by atoms with E-state index in [9.17, 15) is 18.3 Å². The Morgan fingerprint density at radius 1 is 1.18 bits per heavy atom. The lowest BCUT2D eigenvalue weighted by atomic mass is 10.1. The molecule has 0 radical (unpaired) electrons. The largest absolute Gasteiger partial charge is 0.421 e. The number of aromatic nitrogens is 2. The molecule has 2 aromatic rings. The fourth-order valence-corrected chi connectivity index (χ4v) is 2.37. The van der Waals surface area contributed by atoms with E-state index in [-0.39, 0.29) is 24.9 Å². The van der Waals surface area contributed by atoms with Gasteiger partial charge >= 0.3 is 6.18 Å². The molecule has 0 unspecified atom stereocenters. The van der Waals surface area contributed by atoms with E-state index in [0.29, 0.717) is 23.1 Å². The highest BCUT2D eigenvalue weighted by molar-refractivity contribution is 5.94. The predicted octanol–water partition coefficient (Wildman–Crippen LogP) is 3.85. The molecule has 0 amide bonds. The van der Waals surface area contributed by atoms with Gasteiger partial charge in [0.2, 0.25) is 5.95 Å². The number of aliphatic hydroxyl groups is 1. The number of alkyl halides is 3. The average molecular weight is 396 g/mol. The average Bonchev–Trinajstić information content (AvgIpc) is 2.59. The monoisotopic (exact) mass is 396 g/mol. The molecular formula is C18H23F3N6O. The Morgan fingerprint density at radius 2 is 1.86 bits per heavy atom. The number of benzene rings is 1. The Morgan fingerprint density at radius 3 is 2.43 bits per heavy atom. The third-order valence-corrected chi connectivity index (χ3v) is 3.65. The molecule has 0 aliphatic heterocycles. The van der Waals surface area contributed by atoms with Gasteiger partial charge in [0.15, 0.2) is 0 Å². The van der Waals surface area contributed by atoms with Gasteiger partial charge in [-0.3, -0.25) is 0 Å². The van der Waals surface area contributed by atoms with Crippen LogP contribution < -0.4 is 16.0 Å². The van der Waals surface area contributed by atoms with E-state index < -0.39 is 17.3 Å². The lowest BCUT2D eigenvalue weighted by Gasteiger charge is -2.20. The van der Waals surface area contributed by atoms with Crippen LogP contribution in [0.25, 0.3) is 0 Å². The molecule has 1 heterocycles. The molecule has 152 valence electrons. The number of anilines is 4. The molecule has 0 fully saturated rings. The molecule has 2 rings (SSSR count). The summed E-state index contributed by atoms with van der Waals surface area (Å²) in [7, 11) is 0. The molecule has 0 bridgehead atoms. The molecule has 1 aromatic carbocycles. The summed E-state index contributed by atoms with van der Waals surface area (Å²) >= 11 is 0. The second-order valence-corrected chi connectivity index (χ2v) is 6.69. The van der Waals surface area contributed by atoms with E-state index >= 15 is 0 Å². The van der Waals surface area contributed by atoms with Crippen molar-refractivity contribution in [3.8, 4) is 0 Å². The Hall–Kier alpha value is -2.88. The molecule has 0 aliphatic rings. The molecule has 0 saturated heterocycles. The van der Waals surface area contributed by atoms with E-state index in [2.05, 4.69) is 25.9 Å². The highest BCUT2D eigenvalue weighted by atomic mass is 19.4. The van der Waals surface area contributed by atoms with Crippen molar-refractivity contribution in [1.82, 2.24) is 9.97 Å². The quantitative estimate of drug-likeness (QED) is 0.434. The lowest BCUT2D eigenvalue weighted by molar-refractivity contribution is -0.137. The molecule has 5 N–H and O–H groups in total. The number of halogens is 3. The maximum absolute atomic E-state index is 13.1. The fraction of sp³-hybridized carbons (Fsp3) is 0.389. The van der Waals surface area contributed by atoms with Gasteiger partial charge in [0.1, 0.15) is 11.4 Å². The number of nitrogens with zero attached hydrogens (tertiary/aromatic N) is 2. The minimum Gasteiger partial charge on any atom is -0.389 e. The minimum atomic E-state index is -4.57. The van der Waals surface area contributed by atoms with Crippen LogP contribution in [0.15, 0.2) is 24.4 Å². The molecule has 0 spiro atoms. The van der Waals surface area contributed by atoms with Crippen LogP contribution in [-0.4, -0.2) is 40.0 Å². The van der Waals surface area contributed by atoms with Crippen LogP contribution in [0.4, 0.5) is 36.3 Å². The molecule has 0 saturated carbocycles. The van der Waals surface area contributed by atoms with Crippen LogP contribution in [0.5, 0.6) is 0 Å². The first-order valence-corrected chi connectivity index (χ1v) is 8.60. The third-order valence-electron chi connectivity index (χ3n) is 3.65. The van der Waals surface area contributed by atoms with Crippen molar-refractivity contribution in [2.24, 2.45) is 0 Å². The fourth-order valence-electron chi connectivity index (χ4n) is 2.37. The summed E-state index contributed by atoms with van der Waals surface area (Å²) in [5, 5.41) is 26.0. The van der Waals surface area contributed by atoms with E-state index in [1.807, 2.05) is 0 Å². The zero-order valence-electron chi connectivity index (χ0n) is 15.8.